The van der Waals surface area contributed by atoms with Gasteiger partial charge in [-0.25, -0.2) is 9.78 Å². The van der Waals surface area contributed by atoms with Crippen molar-refractivity contribution in [3.05, 3.63) is 24.1 Å². The Kier molecular flexibility index (Phi) is 4.00. The molecule has 1 fully saturated rings. The Morgan fingerprint density at radius 3 is 3.12 bits per heavy atom. The van der Waals surface area contributed by atoms with Gasteiger partial charge in [-0.05, 0) is 31.0 Å². The topological polar surface area (TPSA) is 102 Å². The van der Waals surface area contributed by atoms with E-state index in [0.717, 1.165) is 28.8 Å². The van der Waals surface area contributed by atoms with E-state index in [1.165, 1.54) is 16.2 Å². The van der Waals surface area contributed by atoms with Crippen molar-refractivity contribution in [1.29, 1.82) is 0 Å². The molecule has 3 aromatic rings. The zero-order valence-corrected chi connectivity index (χ0v) is 14.3. The van der Waals surface area contributed by atoms with E-state index in [1.807, 2.05) is 18.2 Å². The van der Waals surface area contributed by atoms with Gasteiger partial charge in [0.1, 0.15) is 5.75 Å². The quantitative estimate of drug-likeness (QED) is 0.765. The standard InChI is InChI=1S/C16H16N4O4S/c1-23-10-4-5-11-12(7-10)25-15(17-11)13-18-14(24-19-13)9-3-2-6-20(8-9)16(21)22/h4-5,7,9H,2-3,6,8H2,1H3,(H,21,22). The van der Waals surface area contributed by atoms with Crippen LogP contribution in [-0.2, 0) is 0 Å². The Labute approximate surface area is 147 Å². The highest BCUT2D eigenvalue weighted by Crippen LogP contribution is 2.32. The van der Waals surface area contributed by atoms with Crippen LogP contribution in [0.4, 0.5) is 4.79 Å². The van der Waals surface area contributed by atoms with Crippen LogP contribution in [0.2, 0.25) is 0 Å². The number of rotatable bonds is 3. The molecule has 1 aliphatic heterocycles. The molecule has 130 valence electrons. The lowest BCUT2D eigenvalue weighted by Crippen LogP contribution is -2.38. The van der Waals surface area contributed by atoms with Gasteiger partial charge < -0.3 is 19.3 Å². The van der Waals surface area contributed by atoms with E-state index in [0.29, 0.717) is 29.8 Å². The van der Waals surface area contributed by atoms with E-state index in [1.54, 1.807) is 7.11 Å². The highest BCUT2D eigenvalue weighted by Gasteiger charge is 2.28. The first kappa shape index (κ1) is 15.8. The van der Waals surface area contributed by atoms with Crippen molar-refractivity contribution in [2.75, 3.05) is 20.2 Å². The molecule has 1 N–H and O–H groups in total. The Balaban J connectivity index is 1.59. The number of thiazole rings is 1. The second kappa shape index (κ2) is 6.32. The molecule has 3 heterocycles. The van der Waals surface area contributed by atoms with Crippen LogP contribution in [-0.4, -0.2) is 51.4 Å². The van der Waals surface area contributed by atoms with E-state index >= 15 is 0 Å². The largest absolute Gasteiger partial charge is 0.497 e. The van der Waals surface area contributed by atoms with Crippen LogP contribution >= 0.6 is 11.3 Å². The van der Waals surface area contributed by atoms with Crippen LogP contribution in [0.25, 0.3) is 21.0 Å². The lowest BCUT2D eigenvalue weighted by molar-refractivity contribution is 0.126. The first-order chi connectivity index (χ1) is 12.1. The lowest BCUT2D eigenvalue weighted by atomic mass is 9.98. The zero-order valence-electron chi connectivity index (χ0n) is 13.5. The summed E-state index contributed by atoms with van der Waals surface area (Å²) in [6.45, 7) is 0.931. The van der Waals surface area contributed by atoms with Gasteiger partial charge in [-0.2, -0.15) is 4.98 Å². The molecule has 2 aromatic heterocycles. The van der Waals surface area contributed by atoms with Gasteiger partial charge in [0.2, 0.25) is 11.7 Å². The molecule has 1 amide bonds. The molecule has 1 atom stereocenters. The molecule has 25 heavy (non-hydrogen) atoms. The number of nitrogens with zero attached hydrogens (tertiary/aromatic N) is 4. The number of aromatic nitrogens is 3. The maximum atomic E-state index is 11.2. The number of piperidine rings is 1. The van der Waals surface area contributed by atoms with Crippen molar-refractivity contribution in [3.63, 3.8) is 0 Å². The number of likely N-dealkylation sites (tertiary alicyclic amines) is 1. The minimum atomic E-state index is -0.912. The van der Waals surface area contributed by atoms with Crippen LogP contribution in [0.1, 0.15) is 24.7 Å². The third-order valence-corrected chi connectivity index (χ3v) is 5.28. The summed E-state index contributed by atoms with van der Waals surface area (Å²) in [5, 5.41) is 13.9. The van der Waals surface area contributed by atoms with Gasteiger partial charge in [0, 0.05) is 13.1 Å². The smallest absolute Gasteiger partial charge is 0.407 e. The average Bonchev–Trinajstić information content (AvgIpc) is 3.27. The lowest BCUT2D eigenvalue weighted by Gasteiger charge is -2.28. The zero-order chi connectivity index (χ0) is 17.4. The maximum Gasteiger partial charge on any atom is 0.407 e. The number of amides is 1. The van der Waals surface area contributed by atoms with Crippen molar-refractivity contribution in [1.82, 2.24) is 20.0 Å². The molecule has 4 rings (SSSR count). The Morgan fingerprint density at radius 2 is 2.32 bits per heavy atom. The minimum absolute atomic E-state index is 0.0689. The Hall–Kier alpha value is -2.68. The van der Waals surface area contributed by atoms with Crippen molar-refractivity contribution in [2.45, 2.75) is 18.8 Å². The van der Waals surface area contributed by atoms with Crippen molar-refractivity contribution >= 4 is 27.6 Å². The highest BCUT2D eigenvalue weighted by atomic mass is 32.1. The molecule has 0 spiro atoms. The number of benzene rings is 1. The van der Waals surface area contributed by atoms with Crippen molar-refractivity contribution in [3.8, 4) is 16.6 Å². The monoisotopic (exact) mass is 360 g/mol. The Morgan fingerprint density at radius 1 is 1.44 bits per heavy atom. The number of fused-ring (bicyclic) bond motifs is 1. The summed E-state index contributed by atoms with van der Waals surface area (Å²) in [5.74, 6) is 1.61. The highest BCUT2D eigenvalue weighted by molar-refractivity contribution is 7.21. The number of hydrogen-bond acceptors (Lipinski definition) is 7. The normalized spacial score (nSPS) is 17.8. The SMILES string of the molecule is COc1ccc2nc(-c3noc(C4CCCN(C(=O)O)C4)n3)sc2c1. The molecular formula is C16H16N4O4S. The van der Waals surface area contributed by atoms with Gasteiger partial charge in [-0.1, -0.05) is 5.16 Å². The summed E-state index contributed by atoms with van der Waals surface area (Å²) in [6.07, 6.45) is 0.711. The van der Waals surface area contributed by atoms with Crippen LogP contribution in [0, 0.1) is 0 Å². The summed E-state index contributed by atoms with van der Waals surface area (Å²) < 4.78 is 11.6. The van der Waals surface area contributed by atoms with Crippen LogP contribution in [0.3, 0.4) is 0 Å². The first-order valence-electron chi connectivity index (χ1n) is 7.90. The van der Waals surface area contributed by atoms with E-state index in [-0.39, 0.29) is 5.92 Å². The molecule has 1 unspecified atom stereocenters. The van der Waals surface area contributed by atoms with Crippen LogP contribution < -0.4 is 4.74 Å². The van der Waals surface area contributed by atoms with Crippen molar-refractivity contribution < 1.29 is 19.2 Å². The fraction of sp³-hybridized carbons (Fsp3) is 0.375. The maximum absolute atomic E-state index is 11.2. The van der Waals surface area contributed by atoms with Gasteiger partial charge in [0.25, 0.3) is 0 Å². The van der Waals surface area contributed by atoms with Crippen molar-refractivity contribution in [2.24, 2.45) is 0 Å². The van der Waals surface area contributed by atoms with E-state index in [9.17, 15) is 4.79 Å². The molecule has 0 bridgehead atoms. The van der Waals surface area contributed by atoms with Crippen LogP contribution in [0.15, 0.2) is 22.7 Å². The Bertz CT molecular complexity index is 922. The molecule has 0 aliphatic carbocycles. The minimum Gasteiger partial charge on any atom is -0.497 e. The van der Waals surface area contributed by atoms with Gasteiger partial charge >= 0.3 is 6.09 Å². The summed E-state index contributed by atoms with van der Waals surface area (Å²) >= 11 is 1.46. The third kappa shape index (κ3) is 3.02. The van der Waals surface area contributed by atoms with E-state index < -0.39 is 6.09 Å². The second-order valence-corrected chi connectivity index (χ2v) is 6.91. The molecule has 1 saturated heterocycles. The molecule has 8 nitrogen and oxygen atoms in total. The molecule has 0 radical (unpaired) electrons. The second-order valence-electron chi connectivity index (χ2n) is 5.88. The first-order valence-corrected chi connectivity index (χ1v) is 8.72. The summed E-state index contributed by atoms with van der Waals surface area (Å²) in [5.41, 5.74) is 0.849. The average molecular weight is 360 g/mol. The van der Waals surface area contributed by atoms with E-state index in [4.69, 9.17) is 14.4 Å². The molecular weight excluding hydrogens is 344 g/mol. The molecule has 1 aliphatic rings. The number of carbonyl (C=O) groups is 1. The number of ether oxygens (including phenoxy) is 1. The predicted octanol–water partition coefficient (Wildman–Crippen LogP) is 3.21. The molecule has 9 heteroatoms. The van der Waals surface area contributed by atoms with Gasteiger partial charge in [0.05, 0.1) is 23.2 Å². The third-order valence-electron chi connectivity index (χ3n) is 4.27. The number of carboxylic acid groups (broad SMARTS) is 1. The summed E-state index contributed by atoms with van der Waals surface area (Å²) in [7, 11) is 1.62. The summed E-state index contributed by atoms with van der Waals surface area (Å²) in [6, 6.07) is 5.67. The number of hydrogen-bond donors (Lipinski definition) is 1. The fourth-order valence-corrected chi connectivity index (χ4v) is 3.89. The number of methoxy groups -OCH3 is 1. The fourth-order valence-electron chi connectivity index (χ4n) is 2.97. The predicted molar refractivity (Wildman–Crippen MR) is 91.0 cm³/mol. The van der Waals surface area contributed by atoms with E-state index in [2.05, 4.69) is 15.1 Å². The van der Waals surface area contributed by atoms with Gasteiger partial charge in [-0.15, -0.1) is 11.3 Å². The molecule has 0 saturated carbocycles. The molecule has 1 aromatic carbocycles. The van der Waals surface area contributed by atoms with Gasteiger partial charge in [0.15, 0.2) is 5.01 Å². The summed E-state index contributed by atoms with van der Waals surface area (Å²) in [4.78, 5) is 21.5. The van der Waals surface area contributed by atoms with Crippen LogP contribution in [0.5, 0.6) is 5.75 Å². The van der Waals surface area contributed by atoms with Gasteiger partial charge in [-0.3, -0.25) is 0 Å².